The van der Waals surface area contributed by atoms with Crippen LogP contribution in [0.3, 0.4) is 0 Å². The van der Waals surface area contributed by atoms with Gasteiger partial charge in [-0.05, 0) is 61.6 Å². The first-order valence-electron chi connectivity index (χ1n) is 13.6. The molecule has 3 atom stereocenters. The Balaban J connectivity index is 1.64. The Morgan fingerprint density at radius 3 is 2.64 bits per heavy atom. The van der Waals surface area contributed by atoms with Crippen LogP contribution >= 0.6 is 0 Å². The molecule has 9 heteroatoms. The molecule has 2 aliphatic rings. The van der Waals surface area contributed by atoms with E-state index in [1.165, 1.54) is 0 Å². The molecule has 1 aliphatic heterocycles. The summed E-state index contributed by atoms with van der Waals surface area (Å²) >= 11 is 0. The van der Waals surface area contributed by atoms with E-state index in [1.54, 1.807) is 30.5 Å². The molecule has 1 saturated heterocycles. The first kappa shape index (κ1) is 27.3. The van der Waals surface area contributed by atoms with E-state index in [-0.39, 0.29) is 23.9 Å². The summed E-state index contributed by atoms with van der Waals surface area (Å²) in [6.45, 7) is 10.4. The van der Waals surface area contributed by atoms with Crippen molar-refractivity contribution in [2.75, 3.05) is 26.7 Å². The number of likely N-dealkylation sites (N-methyl/N-ethyl adjacent to an activating group) is 1. The molecule has 0 saturated carbocycles. The van der Waals surface area contributed by atoms with Gasteiger partial charge in [0.05, 0.1) is 17.5 Å². The molecule has 1 N–H and O–H groups in total. The molecule has 5 rings (SSSR count). The predicted octanol–water partition coefficient (Wildman–Crippen LogP) is 4.32. The molecule has 1 aromatic heterocycles. The molecular formula is C30H39N5O4. The molecule has 3 unspecified atom stereocenters. The summed E-state index contributed by atoms with van der Waals surface area (Å²) < 4.78 is 1.13. The van der Waals surface area contributed by atoms with Crippen molar-refractivity contribution < 1.29 is 19.3 Å². The van der Waals surface area contributed by atoms with Crippen LogP contribution in [-0.4, -0.2) is 68.2 Å². The van der Waals surface area contributed by atoms with Crippen molar-refractivity contribution in [3.8, 4) is 0 Å². The largest absolute Gasteiger partial charge is 0.632 e. The van der Waals surface area contributed by atoms with Crippen molar-refractivity contribution in [3.05, 3.63) is 63.4 Å². The van der Waals surface area contributed by atoms with Crippen molar-refractivity contribution in [1.82, 2.24) is 19.9 Å². The lowest BCUT2D eigenvalue weighted by molar-refractivity contribution is -0.908. The number of aryl methyl sites for hydroxylation is 3. The maximum absolute atomic E-state index is 14.5. The zero-order chi connectivity index (χ0) is 28.5. The highest BCUT2D eigenvalue weighted by Gasteiger charge is 2.46. The van der Waals surface area contributed by atoms with E-state index < -0.39 is 21.9 Å². The second-order valence-electron chi connectivity index (χ2n) is 13.0. The molecule has 1 amide bonds. The van der Waals surface area contributed by atoms with E-state index in [0.717, 1.165) is 45.3 Å². The number of benzene rings is 2. The third kappa shape index (κ3) is 4.51. The van der Waals surface area contributed by atoms with Crippen LogP contribution in [0.4, 0.5) is 0 Å². The Hall–Kier alpha value is -3.30. The van der Waals surface area contributed by atoms with Crippen molar-refractivity contribution >= 4 is 22.9 Å². The van der Waals surface area contributed by atoms with E-state index >= 15 is 0 Å². The molecule has 1 fully saturated rings. The highest BCUT2D eigenvalue weighted by Crippen LogP contribution is 2.48. The predicted molar refractivity (Wildman–Crippen MR) is 149 cm³/mol. The van der Waals surface area contributed by atoms with Crippen LogP contribution in [0.25, 0.3) is 11.0 Å². The Kier molecular flexibility index (Phi) is 6.38. The normalized spacial score (nSPS) is 24.1. The molecule has 9 nitrogen and oxygen atoms in total. The highest BCUT2D eigenvalue weighted by molar-refractivity contribution is 5.82. The monoisotopic (exact) mass is 533 g/mol. The van der Waals surface area contributed by atoms with Crippen LogP contribution < -0.4 is 0 Å². The van der Waals surface area contributed by atoms with Crippen LogP contribution in [0, 0.1) is 23.0 Å². The fraction of sp³-hybridized carbons (Fsp3) is 0.533. The second-order valence-corrected chi connectivity index (χ2v) is 13.0. The van der Waals surface area contributed by atoms with E-state index in [1.807, 2.05) is 38.2 Å². The van der Waals surface area contributed by atoms with Gasteiger partial charge in [0.1, 0.15) is 11.6 Å². The number of carbonyl (C=O) groups excluding carboxylic acids is 1. The molecule has 208 valence electrons. The molecular weight excluding hydrogens is 494 g/mol. The number of fused-ring (bicyclic) bond motifs is 2. The number of nitrogens with zero attached hydrogens (tertiary/aromatic N) is 5. The Morgan fingerprint density at radius 2 is 1.95 bits per heavy atom. The first-order valence-corrected chi connectivity index (χ1v) is 13.6. The average Bonchev–Trinajstić information content (AvgIpc) is 3.41. The van der Waals surface area contributed by atoms with Gasteiger partial charge in [-0.1, -0.05) is 37.3 Å². The summed E-state index contributed by atoms with van der Waals surface area (Å²) in [5.41, 5.74) is 4.84. The number of carboxylic acid groups (broad SMARTS) is 1. The Labute approximate surface area is 229 Å². The van der Waals surface area contributed by atoms with E-state index in [2.05, 4.69) is 30.2 Å². The molecule has 0 bridgehead atoms. The number of hydroxylamine groups is 3. The van der Waals surface area contributed by atoms with Crippen molar-refractivity contribution in [2.45, 2.75) is 59.4 Å². The third-order valence-electron chi connectivity index (χ3n) is 8.97. The summed E-state index contributed by atoms with van der Waals surface area (Å²) in [6.07, 6.45) is 1.44. The van der Waals surface area contributed by atoms with Gasteiger partial charge < -0.3 is 19.9 Å². The lowest BCUT2D eigenvalue weighted by Crippen LogP contribution is -2.51. The maximum atomic E-state index is 14.5. The van der Waals surface area contributed by atoms with Gasteiger partial charge >= 0.3 is 5.97 Å². The number of rotatable bonds is 5. The highest BCUT2D eigenvalue weighted by atomic mass is 16.5. The number of quaternary nitrogens is 1. The van der Waals surface area contributed by atoms with Crippen LogP contribution in [0.5, 0.6) is 0 Å². The summed E-state index contributed by atoms with van der Waals surface area (Å²) in [5, 5.41) is 33.4. The smallest absolute Gasteiger partial charge is 0.310 e. The minimum Gasteiger partial charge on any atom is -0.632 e. The second kappa shape index (κ2) is 9.13. The van der Waals surface area contributed by atoms with E-state index in [4.69, 9.17) is 0 Å². The third-order valence-corrected chi connectivity index (χ3v) is 8.97. The van der Waals surface area contributed by atoms with Gasteiger partial charge in [0.2, 0.25) is 0 Å². The van der Waals surface area contributed by atoms with Gasteiger partial charge in [-0.3, -0.25) is 9.59 Å². The SMILES string of the molecule is Cc1c(C(c2ccc3c(c2)C([N+]2([O-])CC(=O)N(C)CC(C)(C)C2)CC3)C(C)(C)C(=O)O)ccc2c1nnn2C. The molecule has 39 heavy (non-hydrogen) atoms. The minimum absolute atomic E-state index is 0.0826. The lowest BCUT2D eigenvalue weighted by Gasteiger charge is -2.49. The summed E-state index contributed by atoms with van der Waals surface area (Å²) in [4.78, 5) is 27.2. The summed E-state index contributed by atoms with van der Waals surface area (Å²) in [7, 11) is 3.61. The van der Waals surface area contributed by atoms with Crippen LogP contribution in [-0.2, 0) is 23.1 Å². The van der Waals surface area contributed by atoms with Crippen molar-refractivity contribution in [1.29, 1.82) is 0 Å². The number of amides is 1. The summed E-state index contributed by atoms with van der Waals surface area (Å²) in [5.74, 6) is -1.52. The Bertz CT molecular complexity index is 1480. The first-order chi connectivity index (χ1) is 18.1. The van der Waals surface area contributed by atoms with Gasteiger partial charge in [-0.2, -0.15) is 0 Å². The number of hydrogen-bond donors (Lipinski definition) is 1. The van der Waals surface area contributed by atoms with Crippen LogP contribution in [0.15, 0.2) is 30.3 Å². The lowest BCUT2D eigenvalue weighted by atomic mass is 9.69. The quantitative estimate of drug-likeness (QED) is 0.386. The number of hydrogen-bond acceptors (Lipinski definition) is 5. The van der Waals surface area contributed by atoms with Gasteiger partial charge in [-0.25, -0.2) is 4.68 Å². The molecule has 2 heterocycles. The molecule has 0 spiro atoms. The average molecular weight is 534 g/mol. The minimum atomic E-state index is -1.14. The van der Waals surface area contributed by atoms with Crippen LogP contribution in [0.2, 0.25) is 0 Å². The Morgan fingerprint density at radius 1 is 1.23 bits per heavy atom. The molecule has 3 aromatic rings. The standard InChI is InChI=1S/C30H39N5O4/c1-18-21(11-12-23-27(18)31-32-34(23)7)26(30(4,5)28(37)38)20-9-8-19-10-13-24(22(19)14-20)35(39)15-25(36)33(6)16-29(2,3)17-35/h8-9,11-12,14,24,26H,10,13,15-17H2,1-7H3,(H,37,38). The topological polar surface area (TPSA) is 111 Å². The van der Waals surface area contributed by atoms with E-state index in [9.17, 15) is 19.9 Å². The molecule has 2 aromatic carbocycles. The summed E-state index contributed by atoms with van der Waals surface area (Å²) in [6, 6.07) is 9.66. The number of carboxylic acids is 1. The van der Waals surface area contributed by atoms with Crippen molar-refractivity contribution in [3.63, 3.8) is 0 Å². The van der Waals surface area contributed by atoms with E-state index in [0.29, 0.717) is 19.5 Å². The van der Waals surface area contributed by atoms with Gasteiger partial charge in [0.25, 0.3) is 5.91 Å². The molecule has 0 radical (unpaired) electrons. The van der Waals surface area contributed by atoms with Gasteiger partial charge in [0, 0.05) is 44.0 Å². The van der Waals surface area contributed by atoms with Gasteiger partial charge in [-0.15, -0.1) is 5.10 Å². The fourth-order valence-electron chi connectivity index (χ4n) is 7.07. The molecule has 1 aliphatic carbocycles. The van der Waals surface area contributed by atoms with Gasteiger partial charge in [0.15, 0.2) is 6.54 Å². The van der Waals surface area contributed by atoms with Crippen molar-refractivity contribution in [2.24, 2.45) is 17.9 Å². The number of aliphatic carboxylic acids is 1. The number of aromatic nitrogens is 3. The zero-order valence-corrected chi connectivity index (χ0v) is 24.0. The maximum Gasteiger partial charge on any atom is 0.310 e. The van der Waals surface area contributed by atoms with Crippen LogP contribution in [0.1, 0.15) is 73.9 Å². The zero-order valence-electron chi connectivity index (χ0n) is 24.0. The number of carbonyl (C=O) groups is 2. The fourth-order valence-corrected chi connectivity index (χ4v) is 7.07.